The Labute approximate surface area is 220 Å². The summed E-state index contributed by atoms with van der Waals surface area (Å²) in [4.78, 5) is 7.09. The Morgan fingerprint density at radius 3 is 1.56 bits per heavy atom. The van der Waals surface area contributed by atoms with Crippen molar-refractivity contribution in [3.8, 4) is 0 Å². The first-order valence-electron chi connectivity index (χ1n) is 13.1. The SMILES string of the molecule is CCCCCC/C=C\[C@H](C)O[Si](c1c(C)cc(C)cc1C)c1c(C)cc(C)cc1C.[CH3][Sn]([CH3])[CH3]. The van der Waals surface area contributed by atoms with Crippen molar-refractivity contribution in [2.75, 3.05) is 0 Å². The standard InChI is InChI=1S/C28H41OSi.3CH3.Sn/c1-9-10-11-12-13-14-15-26(8)29-30(27-22(4)16-20(2)17-23(27)5)28-24(6)18-21(3)19-25(28)7;;;;/h14-19,26H,9-13H2,1-8H3;3*1H3;/b15-14-;;;;/t26-;;;;/m0..../s1. The number of allylic oxidation sites excluding steroid dienone is 1. The van der Waals surface area contributed by atoms with E-state index in [2.05, 4.69) is 107 Å². The zero-order valence-corrected chi connectivity index (χ0v) is 27.8. The van der Waals surface area contributed by atoms with Crippen LogP contribution in [0.25, 0.3) is 0 Å². The van der Waals surface area contributed by atoms with Gasteiger partial charge in [-0.3, -0.25) is 0 Å². The quantitative estimate of drug-likeness (QED) is 0.156. The second-order valence-electron chi connectivity index (χ2n) is 10.5. The molecule has 0 amide bonds. The minimum absolute atomic E-state index is 0.116. The van der Waals surface area contributed by atoms with Gasteiger partial charge in [0.25, 0.3) is 9.04 Å². The average molecular weight is 586 g/mol. The Hall–Kier alpha value is -0.844. The number of hydrogen-bond donors (Lipinski definition) is 0. The number of aryl methyl sites for hydroxylation is 6. The molecule has 0 spiro atoms. The molecule has 0 bridgehead atoms. The van der Waals surface area contributed by atoms with Crippen LogP contribution in [0.5, 0.6) is 0 Å². The molecular formula is C31H50OSiSn. The van der Waals surface area contributed by atoms with Crippen molar-refractivity contribution in [3.63, 3.8) is 0 Å². The van der Waals surface area contributed by atoms with Crippen LogP contribution in [0.1, 0.15) is 79.3 Å². The summed E-state index contributed by atoms with van der Waals surface area (Å²) in [7, 11) is -1.35. The van der Waals surface area contributed by atoms with Gasteiger partial charge in [0.2, 0.25) is 0 Å². The van der Waals surface area contributed by atoms with Gasteiger partial charge in [0.1, 0.15) is 0 Å². The maximum absolute atomic E-state index is 6.87. The molecule has 0 saturated carbocycles. The van der Waals surface area contributed by atoms with Crippen LogP contribution in [-0.2, 0) is 4.43 Å². The second kappa shape index (κ2) is 16.0. The fourth-order valence-corrected chi connectivity index (χ4v) is 7.18. The zero-order chi connectivity index (χ0) is 25.8. The van der Waals surface area contributed by atoms with E-state index in [-0.39, 0.29) is 6.10 Å². The fraction of sp³-hybridized carbons (Fsp3) is 0.548. The number of rotatable bonds is 10. The van der Waals surface area contributed by atoms with Gasteiger partial charge in [-0.25, -0.2) is 0 Å². The van der Waals surface area contributed by atoms with Crippen molar-refractivity contribution < 1.29 is 4.43 Å². The van der Waals surface area contributed by atoms with E-state index < -0.39 is 28.8 Å². The van der Waals surface area contributed by atoms with E-state index in [0.717, 1.165) is 6.42 Å². The van der Waals surface area contributed by atoms with E-state index in [1.54, 1.807) is 0 Å². The average Bonchev–Trinajstić information content (AvgIpc) is 2.68. The van der Waals surface area contributed by atoms with Gasteiger partial charge in [-0.1, -0.05) is 73.7 Å². The van der Waals surface area contributed by atoms with Gasteiger partial charge < -0.3 is 4.43 Å². The molecule has 0 aromatic heterocycles. The molecule has 188 valence electrons. The third-order valence-corrected chi connectivity index (χ3v) is 8.84. The second-order valence-corrected chi connectivity index (χ2v) is 20.9. The maximum atomic E-state index is 6.87. The Balaban J connectivity index is 0.00000133. The Bertz CT molecular complexity index is 809. The van der Waals surface area contributed by atoms with Crippen LogP contribution < -0.4 is 10.4 Å². The van der Waals surface area contributed by atoms with Gasteiger partial charge in [-0.05, 0) is 93.9 Å². The van der Waals surface area contributed by atoms with Crippen molar-refractivity contribution >= 4 is 39.2 Å². The summed E-state index contributed by atoms with van der Waals surface area (Å²) in [6.45, 7) is 17.8. The van der Waals surface area contributed by atoms with Gasteiger partial charge in [-0.15, -0.1) is 0 Å². The normalized spacial score (nSPS) is 12.4. The molecule has 2 radical (unpaired) electrons. The van der Waals surface area contributed by atoms with Crippen LogP contribution >= 0.6 is 0 Å². The molecule has 0 saturated heterocycles. The summed E-state index contributed by atoms with van der Waals surface area (Å²) in [5.41, 5.74) is 8.08. The zero-order valence-electron chi connectivity index (χ0n) is 24.0. The van der Waals surface area contributed by atoms with Crippen LogP contribution in [0.2, 0.25) is 14.8 Å². The Kier molecular flexibility index (Phi) is 14.7. The first kappa shape index (κ1) is 31.2. The first-order chi connectivity index (χ1) is 16.0. The number of unbranched alkanes of at least 4 members (excludes halogenated alkanes) is 4. The third-order valence-electron chi connectivity index (χ3n) is 5.74. The van der Waals surface area contributed by atoms with E-state index >= 15 is 0 Å². The Morgan fingerprint density at radius 1 is 0.765 bits per heavy atom. The first-order valence-corrected chi connectivity index (χ1v) is 23.1. The summed E-state index contributed by atoms with van der Waals surface area (Å²) >= 11 is -0.543. The summed E-state index contributed by atoms with van der Waals surface area (Å²) in [6.07, 6.45) is 11.1. The molecule has 1 nitrogen and oxygen atoms in total. The predicted molar refractivity (Wildman–Crippen MR) is 158 cm³/mol. The molecule has 0 heterocycles. The number of benzene rings is 2. The molecule has 0 aliphatic carbocycles. The van der Waals surface area contributed by atoms with E-state index in [1.807, 2.05) is 0 Å². The molecule has 0 unspecified atom stereocenters. The van der Waals surface area contributed by atoms with Gasteiger partial charge in [0, 0.05) is 0 Å². The monoisotopic (exact) mass is 586 g/mol. The predicted octanol–water partition coefficient (Wildman–Crippen LogP) is 7.95. The van der Waals surface area contributed by atoms with E-state index in [0.29, 0.717) is 0 Å². The topological polar surface area (TPSA) is 9.23 Å². The van der Waals surface area contributed by atoms with Crippen molar-refractivity contribution in [1.82, 2.24) is 0 Å². The van der Waals surface area contributed by atoms with Crippen LogP contribution in [-0.4, -0.2) is 34.9 Å². The molecule has 2 rings (SSSR count). The molecule has 1 atom stereocenters. The van der Waals surface area contributed by atoms with Crippen molar-refractivity contribution in [2.24, 2.45) is 0 Å². The summed E-state index contributed by atoms with van der Waals surface area (Å²) < 4.78 is 6.87. The van der Waals surface area contributed by atoms with Crippen molar-refractivity contribution in [2.45, 2.75) is 108 Å². The molecule has 2 aromatic rings. The summed E-state index contributed by atoms with van der Waals surface area (Å²) in [5.74, 6) is 0. The van der Waals surface area contributed by atoms with Crippen molar-refractivity contribution in [1.29, 1.82) is 0 Å². The summed E-state index contributed by atoms with van der Waals surface area (Å²) in [6, 6.07) is 9.24. The number of hydrogen-bond acceptors (Lipinski definition) is 1. The molecule has 0 N–H and O–H groups in total. The Morgan fingerprint density at radius 2 is 1.18 bits per heavy atom. The molecule has 2 aromatic carbocycles. The van der Waals surface area contributed by atoms with E-state index in [9.17, 15) is 0 Å². The van der Waals surface area contributed by atoms with Crippen LogP contribution in [0.3, 0.4) is 0 Å². The van der Waals surface area contributed by atoms with Crippen LogP contribution in [0.15, 0.2) is 36.4 Å². The van der Waals surface area contributed by atoms with Crippen LogP contribution in [0.4, 0.5) is 0 Å². The molecular weight excluding hydrogens is 535 g/mol. The third kappa shape index (κ3) is 10.8. The summed E-state index contributed by atoms with van der Waals surface area (Å²) in [5, 5.41) is 2.84. The van der Waals surface area contributed by atoms with Gasteiger partial charge in [0.15, 0.2) is 0 Å². The minimum atomic E-state index is -1.35. The molecule has 0 aliphatic heterocycles. The van der Waals surface area contributed by atoms with E-state index in [1.165, 1.54) is 69.4 Å². The molecule has 3 heteroatoms. The molecule has 0 fully saturated rings. The fourth-order valence-electron chi connectivity index (χ4n) is 4.52. The molecule has 0 aliphatic rings. The molecule has 34 heavy (non-hydrogen) atoms. The van der Waals surface area contributed by atoms with Gasteiger partial charge >= 0.3 is 34.6 Å². The van der Waals surface area contributed by atoms with Crippen LogP contribution in [0, 0.1) is 41.5 Å². The van der Waals surface area contributed by atoms with Crippen molar-refractivity contribution in [3.05, 3.63) is 69.8 Å². The van der Waals surface area contributed by atoms with E-state index in [4.69, 9.17) is 4.43 Å². The van der Waals surface area contributed by atoms with Gasteiger partial charge in [0.05, 0.1) is 6.10 Å². The van der Waals surface area contributed by atoms with Gasteiger partial charge in [-0.2, -0.15) is 0 Å².